The highest BCUT2D eigenvalue weighted by atomic mass is 16.3. The van der Waals surface area contributed by atoms with Crippen molar-refractivity contribution in [1.82, 2.24) is 18.9 Å². The summed E-state index contributed by atoms with van der Waals surface area (Å²) in [5.74, 6) is -0.259. The monoisotopic (exact) mass is 350 g/mol. The molecule has 0 bridgehead atoms. The van der Waals surface area contributed by atoms with E-state index in [-0.39, 0.29) is 17.7 Å². The van der Waals surface area contributed by atoms with E-state index >= 15 is 0 Å². The molecule has 2 saturated heterocycles. The molecule has 1 aromatic rings. The Morgan fingerprint density at radius 1 is 1.00 bits per heavy atom. The number of hydrogen-bond donors (Lipinski definition) is 1. The molecule has 8 heteroatoms. The molecule has 0 spiro atoms. The Morgan fingerprint density at radius 2 is 1.60 bits per heavy atom. The first kappa shape index (κ1) is 17.9. The highest BCUT2D eigenvalue weighted by Gasteiger charge is 2.30. The molecule has 0 radical (unpaired) electrons. The molecule has 1 amide bonds. The lowest BCUT2D eigenvalue weighted by Crippen LogP contribution is -2.50. The van der Waals surface area contributed by atoms with Gasteiger partial charge in [0.1, 0.15) is 5.69 Å². The number of aliphatic hydroxyl groups excluding tert-OH is 1. The SMILES string of the molecule is Cn1c(C(=O)N2CCC(N3CCC(O)CC3)CC2)cc(=O)n(C)c1=O. The molecule has 0 atom stereocenters. The predicted molar refractivity (Wildman–Crippen MR) is 92.7 cm³/mol. The molecule has 0 saturated carbocycles. The van der Waals surface area contributed by atoms with E-state index in [9.17, 15) is 19.5 Å². The minimum atomic E-state index is -0.488. The molecule has 3 rings (SSSR count). The minimum Gasteiger partial charge on any atom is -0.393 e. The van der Waals surface area contributed by atoms with Crippen molar-refractivity contribution in [3.63, 3.8) is 0 Å². The van der Waals surface area contributed by atoms with Gasteiger partial charge in [0, 0.05) is 52.4 Å². The molecule has 2 aliphatic rings. The van der Waals surface area contributed by atoms with Gasteiger partial charge < -0.3 is 14.9 Å². The van der Waals surface area contributed by atoms with E-state index in [1.54, 1.807) is 4.90 Å². The maximum atomic E-state index is 12.7. The van der Waals surface area contributed by atoms with Crippen LogP contribution in [0.3, 0.4) is 0 Å². The average Bonchev–Trinajstić information content (AvgIpc) is 2.63. The molecule has 2 aliphatic heterocycles. The minimum absolute atomic E-state index is 0.146. The maximum Gasteiger partial charge on any atom is 0.331 e. The van der Waals surface area contributed by atoms with Gasteiger partial charge in [0.25, 0.3) is 11.5 Å². The van der Waals surface area contributed by atoms with Crippen LogP contribution in [0.5, 0.6) is 0 Å². The molecule has 2 fully saturated rings. The Morgan fingerprint density at radius 3 is 2.20 bits per heavy atom. The molecule has 8 nitrogen and oxygen atoms in total. The van der Waals surface area contributed by atoms with E-state index in [2.05, 4.69) is 4.90 Å². The van der Waals surface area contributed by atoms with Gasteiger partial charge in [-0.2, -0.15) is 0 Å². The van der Waals surface area contributed by atoms with E-state index < -0.39 is 11.2 Å². The first-order valence-electron chi connectivity index (χ1n) is 8.87. The Balaban J connectivity index is 1.66. The summed E-state index contributed by atoms with van der Waals surface area (Å²) in [5, 5.41) is 9.62. The first-order chi connectivity index (χ1) is 11.9. The highest BCUT2D eigenvalue weighted by molar-refractivity contribution is 5.92. The number of piperidine rings is 2. The number of hydrogen-bond acceptors (Lipinski definition) is 5. The van der Waals surface area contributed by atoms with Crippen LogP contribution >= 0.6 is 0 Å². The molecule has 25 heavy (non-hydrogen) atoms. The van der Waals surface area contributed by atoms with Crippen LogP contribution in [0.15, 0.2) is 15.7 Å². The second-order valence-electron chi connectivity index (χ2n) is 7.06. The maximum absolute atomic E-state index is 12.7. The molecular formula is C17H26N4O4. The summed E-state index contributed by atoms with van der Waals surface area (Å²) in [7, 11) is 2.92. The van der Waals surface area contributed by atoms with Gasteiger partial charge in [0.05, 0.1) is 6.10 Å². The van der Waals surface area contributed by atoms with E-state index in [0.29, 0.717) is 19.1 Å². The Bertz CT molecular complexity index is 753. The zero-order chi connectivity index (χ0) is 18.1. The van der Waals surface area contributed by atoms with Crippen molar-refractivity contribution in [2.75, 3.05) is 26.2 Å². The van der Waals surface area contributed by atoms with Crippen LogP contribution in [0.4, 0.5) is 0 Å². The number of nitrogens with zero attached hydrogens (tertiary/aromatic N) is 4. The van der Waals surface area contributed by atoms with E-state index in [4.69, 9.17) is 0 Å². The fourth-order valence-corrected chi connectivity index (χ4v) is 3.79. The Hall–Kier alpha value is -1.93. The predicted octanol–water partition coefficient (Wildman–Crippen LogP) is -0.855. The van der Waals surface area contributed by atoms with E-state index in [0.717, 1.165) is 43.3 Å². The molecular weight excluding hydrogens is 324 g/mol. The first-order valence-corrected chi connectivity index (χ1v) is 8.87. The number of carbonyl (C=O) groups excluding carboxylic acids is 1. The van der Waals surface area contributed by atoms with Gasteiger partial charge in [-0.25, -0.2) is 4.79 Å². The van der Waals surface area contributed by atoms with Crippen LogP contribution in [0.1, 0.15) is 36.2 Å². The summed E-state index contributed by atoms with van der Waals surface area (Å²) in [6.07, 6.45) is 3.20. The van der Waals surface area contributed by atoms with Gasteiger partial charge in [-0.3, -0.25) is 18.7 Å². The van der Waals surface area contributed by atoms with Gasteiger partial charge in [0.15, 0.2) is 0 Å². The summed E-state index contributed by atoms with van der Waals surface area (Å²) >= 11 is 0. The van der Waals surface area contributed by atoms with Crippen LogP contribution < -0.4 is 11.2 Å². The van der Waals surface area contributed by atoms with Crippen molar-refractivity contribution >= 4 is 5.91 Å². The molecule has 0 unspecified atom stereocenters. The van der Waals surface area contributed by atoms with Crippen molar-refractivity contribution in [1.29, 1.82) is 0 Å². The standard InChI is InChI=1S/C17H26N4O4/c1-18-14(11-15(23)19(2)17(18)25)16(24)21-7-3-12(4-8-21)20-9-5-13(22)6-10-20/h11-13,22H,3-10H2,1-2H3. The molecule has 1 aromatic heterocycles. The molecule has 0 aliphatic carbocycles. The molecule has 3 heterocycles. The van der Waals surface area contributed by atoms with Crippen LogP contribution in [-0.2, 0) is 14.1 Å². The Labute approximate surface area is 146 Å². The lowest BCUT2D eigenvalue weighted by atomic mass is 9.99. The van der Waals surface area contributed by atoms with E-state index in [1.807, 2.05) is 0 Å². The Kier molecular flexibility index (Phi) is 5.10. The van der Waals surface area contributed by atoms with E-state index in [1.165, 1.54) is 24.7 Å². The van der Waals surface area contributed by atoms with Crippen LogP contribution in [0, 0.1) is 0 Å². The summed E-state index contributed by atoms with van der Waals surface area (Å²) in [6, 6.07) is 1.67. The zero-order valence-electron chi connectivity index (χ0n) is 14.8. The smallest absolute Gasteiger partial charge is 0.331 e. The van der Waals surface area contributed by atoms with Crippen molar-refractivity contribution < 1.29 is 9.90 Å². The fraction of sp³-hybridized carbons (Fsp3) is 0.706. The zero-order valence-corrected chi connectivity index (χ0v) is 14.8. The summed E-state index contributed by atoms with van der Waals surface area (Å²) < 4.78 is 2.23. The van der Waals surface area contributed by atoms with Gasteiger partial charge in [-0.15, -0.1) is 0 Å². The van der Waals surface area contributed by atoms with Crippen LogP contribution in [0.2, 0.25) is 0 Å². The number of amides is 1. The number of likely N-dealkylation sites (tertiary alicyclic amines) is 2. The third-order valence-electron chi connectivity index (χ3n) is 5.51. The van der Waals surface area contributed by atoms with Gasteiger partial charge >= 0.3 is 5.69 Å². The summed E-state index contributed by atoms with van der Waals surface area (Å²) in [6.45, 7) is 3.05. The average molecular weight is 350 g/mol. The third-order valence-corrected chi connectivity index (χ3v) is 5.51. The lowest BCUT2D eigenvalue weighted by Gasteiger charge is -2.41. The normalized spacial score (nSPS) is 20.8. The van der Waals surface area contributed by atoms with Crippen LogP contribution in [0.25, 0.3) is 0 Å². The second kappa shape index (κ2) is 7.13. The largest absolute Gasteiger partial charge is 0.393 e. The second-order valence-corrected chi connectivity index (χ2v) is 7.06. The van der Waals surface area contributed by atoms with Gasteiger partial charge in [-0.1, -0.05) is 0 Å². The number of carbonyl (C=O) groups is 1. The van der Waals surface area contributed by atoms with Gasteiger partial charge in [-0.05, 0) is 25.7 Å². The summed E-state index contributed by atoms with van der Waals surface area (Å²) in [4.78, 5) is 40.7. The molecule has 1 N–H and O–H groups in total. The lowest BCUT2D eigenvalue weighted by molar-refractivity contribution is 0.0353. The van der Waals surface area contributed by atoms with Crippen molar-refractivity contribution in [3.05, 3.63) is 32.6 Å². The van der Waals surface area contributed by atoms with Gasteiger partial charge in [0.2, 0.25) is 0 Å². The fourth-order valence-electron chi connectivity index (χ4n) is 3.79. The number of rotatable bonds is 2. The topological polar surface area (TPSA) is 87.8 Å². The van der Waals surface area contributed by atoms with Crippen molar-refractivity contribution in [2.24, 2.45) is 14.1 Å². The third kappa shape index (κ3) is 3.55. The van der Waals surface area contributed by atoms with Crippen molar-refractivity contribution in [3.8, 4) is 0 Å². The van der Waals surface area contributed by atoms with Crippen LogP contribution in [-0.4, -0.2) is 68.3 Å². The molecule has 0 aromatic carbocycles. The number of aliphatic hydroxyl groups is 1. The van der Waals surface area contributed by atoms with Crippen molar-refractivity contribution in [2.45, 2.75) is 37.8 Å². The summed E-state index contributed by atoms with van der Waals surface area (Å²) in [5.41, 5.74) is -0.807. The quantitative estimate of drug-likeness (QED) is 0.750. The molecule has 138 valence electrons. The highest BCUT2D eigenvalue weighted by Crippen LogP contribution is 2.21. The number of aromatic nitrogens is 2.